The summed E-state index contributed by atoms with van der Waals surface area (Å²) in [5.41, 5.74) is -0.0170. The third-order valence-electron chi connectivity index (χ3n) is 4.25. The van der Waals surface area contributed by atoms with Gasteiger partial charge in [0.25, 0.3) is 0 Å². The predicted molar refractivity (Wildman–Crippen MR) is 80.8 cm³/mol. The van der Waals surface area contributed by atoms with E-state index in [1.807, 2.05) is 13.0 Å². The fourth-order valence-electron chi connectivity index (χ4n) is 3.30. The number of benzene rings is 1. The number of phenols is 1. The molecule has 3 heterocycles. The normalized spacial score (nSPS) is 26.1. The third kappa shape index (κ3) is 1.72. The third-order valence-corrected chi connectivity index (χ3v) is 5.13. The van der Waals surface area contributed by atoms with Gasteiger partial charge in [-0.2, -0.15) is 0 Å². The van der Waals surface area contributed by atoms with Crippen LogP contribution >= 0.6 is 11.5 Å². The van der Waals surface area contributed by atoms with Crippen LogP contribution in [0.25, 0.3) is 0 Å². The first-order valence-corrected chi connectivity index (χ1v) is 7.92. The Kier molecular flexibility index (Phi) is 2.80. The molecule has 2 aliphatic heterocycles. The molecule has 0 radical (unpaired) electrons. The number of phenolic OH excluding ortho intramolecular Hbond substituents is 1. The maximum Gasteiger partial charge on any atom is 0.321 e. The van der Waals surface area contributed by atoms with E-state index in [4.69, 9.17) is 4.74 Å². The van der Waals surface area contributed by atoms with Crippen molar-refractivity contribution in [3.05, 3.63) is 40.9 Å². The standard InChI is InChI=1S/C15H15N3O3S/c1-2-18-14(20)17-11-8-15(18,13-5-6-16-22-13)21-12-4-3-9(19)7-10(11)12/h3-7,11,19H,2,8H2,1H3,(H,17,20). The fourth-order valence-corrected chi connectivity index (χ4v) is 4.03. The van der Waals surface area contributed by atoms with Crippen molar-refractivity contribution in [1.29, 1.82) is 0 Å². The van der Waals surface area contributed by atoms with Crippen molar-refractivity contribution in [2.45, 2.75) is 25.1 Å². The van der Waals surface area contributed by atoms with E-state index in [0.29, 0.717) is 18.7 Å². The average molecular weight is 317 g/mol. The van der Waals surface area contributed by atoms with Crippen LogP contribution in [0.3, 0.4) is 0 Å². The van der Waals surface area contributed by atoms with E-state index in [-0.39, 0.29) is 17.8 Å². The number of hydrogen-bond acceptors (Lipinski definition) is 5. The van der Waals surface area contributed by atoms with Crippen molar-refractivity contribution < 1.29 is 14.6 Å². The molecule has 7 heteroatoms. The maximum absolute atomic E-state index is 12.5. The van der Waals surface area contributed by atoms with Gasteiger partial charge >= 0.3 is 6.03 Å². The quantitative estimate of drug-likeness (QED) is 0.893. The lowest BCUT2D eigenvalue weighted by molar-refractivity contribution is -0.100. The molecule has 2 unspecified atom stereocenters. The van der Waals surface area contributed by atoms with Crippen LogP contribution in [-0.4, -0.2) is 27.0 Å². The molecule has 1 aromatic carbocycles. The van der Waals surface area contributed by atoms with Crippen LogP contribution in [0.5, 0.6) is 11.5 Å². The van der Waals surface area contributed by atoms with Crippen LogP contribution in [0.2, 0.25) is 0 Å². The van der Waals surface area contributed by atoms with Gasteiger partial charge in [-0.25, -0.2) is 9.17 Å². The smallest absolute Gasteiger partial charge is 0.321 e. The van der Waals surface area contributed by atoms with E-state index >= 15 is 0 Å². The molecule has 1 fully saturated rings. The molecule has 2 amide bonds. The molecule has 114 valence electrons. The van der Waals surface area contributed by atoms with Crippen LogP contribution in [0.1, 0.15) is 29.8 Å². The van der Waals surface area contributed by atoms with E-state index in [0.717, 1.165) is 10.4 Å². The van der Waals surface area contributed by atoms with Gasteiger partial charge in [-0.05, 0) is 42.7 Å². The summed E-state index contributed by atoms with van der Waals surface area (Å²) >= 11 is 1.34. The Morgan fingerprint density at radius 1 is 1.55 bits per heavy atom. The maximum atomic E-state index is 12.5. The molecule has 2 atom stereocenters. The van der Waals surface area contributed by atoms with Crippen molar-refractivity contribution in [2.24, 2.45) is 0 Å². The molecule has 0 spiro atoms. The minimum absolute atomic E-state index is 0.166. The number of fused-ring (bicyclic) bond motifs is 4. The minimum Gasteiger partial charge on any atom is -0.508 e. The zero-order valence-electron chi connectivity index (χ0n) is 11.9. The SMILES string of the molecule is CCN1C(=O)NC2CC1(c1ccns1)Oc1ccc(O)cc12. The first-order valence-electron chi connectivity index (χ1n) is 7.15. The molecule has 2 aromatic rings. The largest absolute Gasteiger partial charge is 0.508 e. The number of hydrogen-bond donors (Lipinski definition) is 2. The molecule has 4 rings (SSSR count). The molecule has 1 saturated heterocycles. The number of ether oxygens (including phenoxy) is 1. The Morgan fingerprint density at radius 2 is 2.41 bits per heavy atom. The van der Waals surface area contributed by atoms with Gasteiger partial charge in [0.2, 0.25) is 5.72 Å². The summed E-state index contributed by atoms with van der Waals surface area (Å²) in [5, 5.41) is 12.7. The van der Waals surface area contributed by atoms with E-state index in [1.54, 1.807) is 29.3 Å². The van der Waals surface area contributed by atoms with Gasteiger partial charge in [0.05, 0.1) is 10.9 Å². The molecule has 2 bridgehead atoms. The number of amides is 2. The van der Waals surface area contributed by atoms with Gasteiger partial charge in [0.15, 0.2) is 0 Å². The predicted octanol–water partition coefficient (Wildman–Crippen LogP) is 2.57. The zero-order chi connectivity index (χ0) is 15.3. The van der Waals surface area contributed by atoms with Crippen molar-refractivity contribution in [2.75, 3.05) is 6.54 Å². The van der Waals surface area contributed by atoms with Crippen molar-refractivity contribution in [1.82, 2.24) is 14.6 Å². The second kappa shape index (κ2) is 4.61. The monoisotopic (exact) mass is 317 g/mol. The first kappa shape index (κ1) is 13.4. The fraction of sp³-hybridized carbons (Fsp3) is 0.333. The number of nitrogens with one attached hydrogen (secondary N) is 1. The second-order valence-electron chi connectivity index (χ2n) is 5.44. The lowest BCUT2D eigenvalue weighted by atomic mass is 9.88. The van der Waals surface area contributed by atoms with Crippen LogP contribution in [0, 0.1) is 0 Å². The molecule has 0 aliphatic carbocycles. The van der Waals surface area contributed by atoms with E-state index in [2.05, 4.69) is 9.69 Å². The Balaban J connectivity index is 1.91. The van der Waals surface area contributed by atoms with Crippen molar-refractivity contribution in [3.63, 3.8) is 0 Å². The Labute approximate surface area is 131 Å². The molecule has 2 N–H and O–H groups in total. The summed E-state index contributed by atoms with van der Waals surface area (Å²) in [6.07, 6.45) is 2.31. The summed E-state index contributed by atoms with van der Waals surface area (Å²) in [6, 6.07) is 6.54. The van der Waals surface area contributed by atoms with Gasteiger partial charge < -0.3 is 15.2 Å². The highest BCUT2D eigenvalue weighted by Crippen LogP contribution is 2.50. The highest BCUT2D eigenvalue weighted by molar-refractivity contribution is 7.05. The Bertz CT molecular complexity index is 734. The van der Waals surface area contributed by atoms with Gasteiger partial charge in [0.1, 0.15) is 11.5 Å². The highest BCUT2D eigenvalue weighted by atomic mass is 32.1. The summed E-state index contributed by atoms with van der Waals surface area (Å²) in [4.78, 5) is 15.1. The lowest BCUT2D eigenvalue weighted by Crippen LogP contribution is -2.63. The Hall–Kier alpha value is -2.28. The number of nitrogens with zero attached hydrogens (tertiary/aromatic N) is 2. The molecule has 6 nitrogen and oxygen atoms in total. The van der Waals surface area contributed by atoms with Gasteiger partial charge in [-0.1, -0.05) is 0 Å². The van der Waals surface area contributed by atoms with Crippen LogP contribution in [-0.2, 0) is 5.72 Å². The van der Waals surface area contributed by atoms with Gasteiger partial charge in [-0.15, -0.1) is 0 Å². The Morgan fingerprint density at radius 3 is 3.14 bits per heavy atom. The number of rotatable bonds is 2. The van der Waals surface area contributed by atoms with Crippen LogP contribution in [0.4, 0.5) is 4.79 Å². The molecule has 1 aromatic heterocycles. The molecular weight excluding hydrogens is 302 g/mol. The second-order valence-corrected chi connectivity index (χ2v) is 6.27. The van der Waals surface area contributed by atoms with Gasteiger partial charge in [-0.3, -0.25) is 4.90 Å². The molecule has 0 saturated carbocycles. The lowest BCUT2D eigenvalue weighted by Gasteiger charge is -2.51. The first-order chi connectivity index (χ1) is 10.6. The zero-order valence-corrected chi connectivity index (χ0v) is 12.8. The van der Waals surface area contributed by atoms with Crippen LogP contribution < -0.4 is 10.1 Å². The van der Waals surface area contributed by atoms with Crippen LogP contribution in [0.15, 0.2) is 30.5 Å². The number of carbonyl (C=O) groups is 1. The average Bonchev–Trinajstić information content (AvgIpc) is 3.03. The van der Waals surface area contributed by atoms with E-state index < -0.39 is 5.72 Å². The summed E-state index contributed by atoms with van der Waals surface area (Å²) in [7, 11) is 0. The van der Waals surface area contributed by atoms with Gasteiger partial charge in [0, 0.05) is 24.7 Å². The molecule has 2 aliphatic rings. The number of aromatic nitrogens is 1. The number of urea groups is 1. The van der Waals surface area contributed by atoms with E-state index in [1.165, 1.54) is 11.5 Å². The summed E-state index contributed by atoms with van der Waals surface area (Å²) < 4.78 is 10.5. The van der Waals surface area contributed by atoms with Crippen molar-refractivity contribution >= 4 is 17.6 Å². The topological polar surface area (TPSA) is 74.7 Å². The number of aromatic hydroxyl groups is 1. The summed E-state index contributed by atoms with van der Waals surface area (Å²) in [6.45, 7) is 2.46. The molecule has 22 heavy (non-hydrogen) atoms. The molecular formula is C15H15N3O3S. The van der Waals surface area contributed by atoms with Crippen molar-refractivity contribution in [3.8, 4) is 11.5 Å². The summed E-state index contributed by atoms with van der Waals surface area (Å²) in [5.74, 6) is 0.848. The number of carbonyl (C=O) groups excluding carboxylic acids is 1. The minimum atomic E-state index is -0.826. The van der Waals surface area contributed by atoms with E-state index in [9.17, 15) is 9.90 Å². The highest BCUT2D eigenvalue weighted by Gasteiger charge is 2.53.